The smallest absolute Gasteiger partial charge is 0.266 e. The van der Waals surface area contributed by atoms with Crippen molar-refractivity contribution in [2.45, 2.75) is 6.92 Å². The van der Waals surface area contributed by atoms with Crippen LogP contribution >= 0.6 is 11.3 Å². The van der Waals surface area contributed by atoms with Gasteiger partial charge in [0.05, 0.1) is 12.0 Å². The monoisotopic (exact) mass is 416 g/mol. The van der Waals surface area contributed by atoms with Gasteiger partial charge in [0.25, 0.3) is 11.8 Å². The lowest BCUT2D eigenvalue weighted by Gasteiger charge is -2.08. The van der Waals surface area contributed by atoms with Crippen molar-refractivity contribution in [3.63, 3.8) is 0 Å². The van der Waals surface area contributed by atoms with Crippen molar-refractivity contribution >= 4 is 44.6 Å². The average Bonchev–Trinajstić information content (AvgIpc) is 3.11. The minimum Gasteiger partial charge on any atom is -0.497 e. The van der Waals surface area contributed by atoms with Crippen LogP contribution in [0.25, 0.3) is 10.1 Å². The molecule has 3 aromatic carbocycles. The van der Waals surface area contributed by atoms with Crippen LogP contribution in [0.2, 0.25) is 0 Å². The van der Waals surface area contributed by atoms with Gasteiger partial charge < -0.3 is 15.4 Å². The van der Waals surface area contributed by atoms with E-state index in [1.54, 1.807) is 55.6 Å². The van der Waals surface area contributed by atoms with Crippen molar-refractivity contribution in [1.29, 1.82) is 0 Å². The second-order valence-electron chi connectivity index (χ2n) is 6.77. The Hall–Kier alpha value is -3.64. The normalized spacial score (nSPS) is 10.6. The highest BCUT2D eigenvalue weighted by molar-refractivity contribution is 7.21. The zero-order valence-corrected chi connectivity index (χ0v) is 17.4. The summed E-state index contributed by atoms with van der Waals surface area (Å²) in [6, 6.07) is 21.9. The Labute approximate surface area is 178 Å². The van der Waals surface area contributed by atoms with Crippen molar-refractivity contribution in [2.24, 2.45) is 0 Å². The van der Waals surface area contributed by atoms with Gasteiger partial charge in [-0.3, -0.25) is 9.59 Å². The lowest BCUT2D eigenvalue weighted by atomic mass is 10.1. The lowest BCUT2D eigenvalue weighted by molar-refractivity contribution is 0.102. The molecule has 0 aliphatic carbocycles. The van der Waals surface area contributed by atoms with Crippen LogP contribution in [0.5, 0.6) is 5.75 Å². The Morgan fingerprint density at radius 1 is 0.800 bits per heavy atom. The average molecular weight is 417 g/mol. The molecule has 0 bridgehead atoms. The molecule has 0 unspecified atom stereocenters. The number of fused-ring (bicyclic) bond motifs is 1. The molecule has 30 heavy (non-hydrogen) atoms. The van der Waals surface area contributed by atoms with Gasteiger partial charge in [-0.15, -0.1) is 11.3 Å². The van der Waals surface area contributed by atoms with Gasteiger partial charge in [-0.1, -0.05) is 18.2 Å². The van der Waals surface area contributed by atoms with Crippen molar-refractivity contribution in [3.8, 4) is 5.75 Å². The number of benzene rings is 3. The molecule has 5 nitrogen and oxygen atoms in total. The quantitative estimate of drug-likeness (QED) is 0.437. The van der Waals surface area contributed by atoms with E-state index in [0.29, 0.717) is 21.8 Å². The van der Waals surface area contributed by atoms with Gasteiger partial charge in [-0.25, -0.2) is 0 Å². The summed E-state index contributed by atoms with van der Waals surface area (Å²) < 4.78 is 6.20. The first-order valence-electron chi connectivity index (χ1n) is 9.40. The molecule has 0 aliphatic rings. The van der Waals surface area contributed by atoms with E-state index in [0.717, 1.165) is 21.4 Å². The van der Waals surface area contributed by atoms with Crippen LogP contribution in [0.4, 0.5) is 11.4 Å². The Morgan fingerprint density at radius 2 is 1.40 bits per heavy atom. The van der Waals surface area contributed by atoms with E-state index >= 15 is 0 Å². The van der Waals surface area contributed by atoms with Crippen molar-refractivity contribution in [2.75, 3.05) is 17.7 Å². The number of aryl methyl sites for hydroxylation is 1. The number of amides is 2. The van der Waals surface area contributed by atoms with E-state index in [4.69, 9.17) is 4.74 Å². The van der Waals surface area contributed by atoms with Crippen LogP contribution in [0.15, 0.2) is 72.8 Å². The van der Waals surface area contributed by atoms with Crippen LogP contribution in [0.3, 0.4) is 0 Å². The lowest BCUT2D eigenvalue weighted by Crippen LogP contribution is -2.13. The number of methoxy groups -OCH3 is 1. The molecule has 1 heterocycles. The summed E-state index contributed by atoms with van der Waals surface area (Å²) in [5, 5.41) is 6.85. The largest absolute Gasteiger partial charge is 0.497 e. The van der Waals surface area contributed by atoms with Gasteiger partial charge in [-0.05, 0) is 72.5 Å². The SMILES string of the molecule is COc1ccc(NC(=O)c2ccc(NC(=O)c3sc4ccccc4c3C)cc2)cc1. The Morgan fingerprint density at radius 3 is 2.03 bits per heavy atom. The second kappa shape index (κ2) is 8.39. The molecule has 0 radical (unpaired) electrons. The molecule has 1 aromatic heterocycles. The molecule has 6 heteroatoms. The van der Waals surface area contributed by atoms with Crippen LogP contribution in [-0.2, 0) is 0 Å². The summed E-state index contributed by atoms with van der Waals surface area (Å²) >= 11 is 1.48. The molecule has 0 atom stereocenters. The van der Waals surface area contributed by atoms with Crippen molar-refractivity contribution in [3.05, 3.63) is 88.8 Å². The number of anilines is 2. The Kier molecular flexibility index (Phi) is 5.50. The van der Waals surface area contributed by atoms with E-state index in [9.17, 15) is 9.59 Å². The summed E-state index contributed by atoms with van der Waals surface area (Å²) in [5.41, 5.74) is 2.79. The Bertz CT molecular complexity index is 1210. The number of hydrogen-bond donors (Lipinski definition) is 2. The van der Waals surface area contributed by atoms with Gasteiger partial charge in [0.15, 0.2) is 0 Å². The summed E-state index contributed by atoms with van der Waals surface area (Å²) in [5.74, 6) is 0.351. The first-order valence-corrected chi connectivity index (χ1v) is 10.2. The minimum atomic E-state index is -0.224. The van der Waals surface area contributed by atoms with Crippen LogP contribution in [-0.4, -0.2) is 18.9 Å². The Balaban J connectivity index is 1.44. The molecular formula is C24H20N2O3S. The van der Waals surface area contributed by atoms with E-state index < -0.39 is 0 Å². The predicted molar refractivity (Wildman–Crippen MR) is 122 cm³/mol. The highest BCUT2D eigenvalue weighted by atomic mass is 32.1. The number of carbonyl (C=O) groups excluding carboxylic acids is 2. The van der Waals surface area contributed by atoms with Gasteiger partial charge >= 0.3 is 0 Å². The van der Waals surface area contributed by atoms with Gasteiger partial charge in [0, 0.05) is 21.6 Å². The zero-order valence-electron chi connectivity index (χ0n) is 16.6. The first-order chi connectivity index (χ1) is 14.5. The highest BCUT2D eigenvalue weighted by Gasteiger charge is 2.15. The fraction of sp³-hybridized carbons (Fsp3) is 0.0833. The van der Waals surface area contributed by atoms with Crippen LogP contribution < -0.4 is 15.4 Å². The fourth-order valence-electron chi connectivity index (χ4n) is 3.16. The summed E-state index contributed by atoms with van der Waals surface area (Å²) in [7, 11) is 1.59. The third kappa shape index (κ3) is 4.04. The van der Waals surface area contributed by atoms with Gasteiger partial charge in [-0.2, -0.15) is 0 Å². The van der Waals surface area contributed by atoms with Crippen molar-refractivity contribution < 1.29 is 14.3 Å². The summed E-state index contributed by atoms with van der Waals surface area (Å²) in [4.78, 5) is 25.9. The highest BCUT2D eigenvalue weighted by Crippen LogP contribution is 2.31. The third-order valence-electron chi connectivity index (χ3n) is 4.80. The molecule has 0 spiro atoms. The standard InChI is InChI=1S/C24H20N2O3S/c1-15-20-5-3-4-6-21(20)30-22(15)24(28)26-17-9-7-16(8-10-17)23(27)25-18-11-13-19(29-2)14-12-18/h3-14H,1-2H3,(H,25,27)(H,26,28). The molecule has 2 amide bonds. The molecule has 0 fully saturated rings. The maximum absolute atomic E-state index is 12.7. The molecule has 0 aliphatic heterocycles. The third-order valence-corrected chi connectivity index (χ3v) is 6.07. The fourth-order valence-corrected chi connectivity index (χ4v) is 4.27. The van der Waals surface area contributed by atoms with E-state index in [1.165, 1.54) is 11.3 Å². The number of thiophene rings is 1. The second-order valence-corrected chi connectivity index (χ2v) is 7.82. The summed E-state index contributed by atoms with van der Waals surface area (Å²) in [6.45, 7) is 1.96. The van der Waals surface area contributed by atoms with Gasteiger partial charge in [0.1, 0.15) is 5.75 Å². The molecule has 4 rings (SSSR count). The molecule has 4 aromatic rings. The molecule has 150 valence electrons. The molecule has 2 N–H and O–H groups in total. The molecular weight excluding hydrogens is 396 g/mol. The van der Waals surface area contributed by atoms with E-state index in [1.807, 2.05) is 31.2 Å². The topological polar surface area (TPSA) is 67.4 Å². The number of nitrogens with one attached hydrogen (secondary N) is 2. The van der Waals surface area contributed by atoms with E-state index in [2.05, 4.69) is 10.6 Å². The minimum absolute atomic E-state index is 0.149. The van der Waals surface area contributed by atoms with Crippen LogP contribution in [0.1, 0.15) is 25.6 Å². The predicted octanol–water partition coefficient (Wildman–Crippen LogP) is 5.72. The summed E-state index contributed by atoms with van der Waals surface area (Å²) in [6.07, 6.45) is 0. The van der Waals surface area contributed by atoms with E-state index in [-0.39, 0.29) is 11.8 Å². The van der Waals surface area contributed by atoms with Crippen LogP contribution in [0, 0.1) is 6.92 Å². The molecule has 0 saturated heterocycles. The zero-order chi connectivity index (χ0) is 21.1. The number of hydrogen-bond acceptors (Lipinski definition) is 4. The maximum Gasteiger partial charge on any atom is 0.266 e. The maximum atomic E-state index is 12.7. The number of rotatable bonds is 5. The number of ether oxygens (including phenoxy) is 1. The molecule has 0 saturated carbocycles. The first kappa shape index (κ1) is 19.7. The number of carbonyl (C=O) groups is 2. The van der Waals surface area contributed by atoms with Gasteiger partial charge in [0.2, 0.25) is 0 Å². The van der Waals surface area contributed by atoms with Crippen molar-refractivity contribution in [1.82, 2.24) is 0 Å².